The van der Waals surface area contributed by atoms with Gasteiger partial charge in [0.25, 0.3) is 0 Å². The molecule has 0 radical (unpaired) electrons. The number of halogens is 1. The van der Waals surface area contributed by atoms with E-state index in [1.807, 2.05) is 0 Å². The van der Waals surface area contributed by atoms with Gasteiger partial charge >= 0.3 is 0 Å². The van der Waals surface area contributed by atoms with Crippen LogP contribution in [0.25, 0.3) is 0 Å². The van der Waals surface area contributed by atoms with E-state index in [0.29, 0.717) is 31.0 Å². The number of nitrogens with zero attached hydrogens (tertiary/aromatic N) is 3. The molecular formula is C11H20ClN5O. The first-order valence-corrected chi connectivity index (χ1v) is 6.40. The van der Waals surface area contributed by atoms with E-state index in [2.05, 4.69) is 39.4 Å². The summed E-state index contributed by atoms with van der Waals surface area (Å²) in [7, 11) is 1.73. The summed E-state index contributed by atoms with van der Waals surface area (Å²) >= 11 is 5.75. The minimum atomic E-state index is 0.164. The maximum atomic E-state index is 5.75. The number of ether oxygens (including phenoxy) is 1. The van der Waals surface area contributed by atoms with E-state index in [1.54, 1.807) is 7.05 Å². The molecule has 0 amide bonds. The number of hydrogen-bond donors (Lipinski definition) is 2. The predicted molar refractivity (Wildman–Crippen MR) is 73.1 cm³/mol. The number of nitrogens with one attached hydrogen (secondary N) is 2. The lowest BCUT2D eigenvalue weighted by Crippen LogP contribution is -2.13. The van der Waals surface area contributed by atoms with E-state index in [-0.39, 0.29) is 5.28 Å². The van der Waals surface area contributed by atoms with Crippen molar-refractivity contribution in [2.24, 2.45) is 5.92 Å². The molecule has 0 atom stereocenters. The van der Waals surface area contributed by atoms with Gasteiger partial charge in [0.1, 0.15) is 0 Å². The molecule has 0 aliphatic heterocycles. The average molecular weight is 274 g/mol. The van der Waals surface area contributed by atoms with E-state index in [4.69, 9.17) is 16.3 Å². The molecule has 18 heavy (non-hydrogen) atoms. The summed E-state index contributed by atoms with van der Waals surface area (Å²) in [5.41, 5.74) is 0. The molecule has 0 saturated heterocycles. The van der Waals surface area contributed by atoms with Crippen LogP contribution >= 0.6 is 11.6 Å². The van der Waals surface area contributed by atoms with Gasteiger partial charge in [0.2, 0.25) is 17.2 Å². The van der Waals surface area contributed by atoms with Gasteiger partial charge in [-0.3, -0.25) is 0 Å². The molecule has 0 aliphatic carbocycles. The number of rotatable bonds is 8. The molecule has 0 bridgehead atoms. The fourth-order valence-electron chi connectivity index (χ4n) is 1.20. The molecule has 1 aromatic heterocycles. The van der Waals surface area contributed by atoms with Crippen molar-refractivity contribution < 1.29 is 4.74 Å². The van der Waals surface area contributed by atoms with Crippen LogP contribution in [0.4, 0.5) is 11.9 Å². The molecule has 1 aromatic rings. The van der Waals surface area contributed by atoms with Gasteiger partial charge in [0, 0.05) is 20.2 Å². The maximum Gasteiger partial charge on any atom is 0.228 e. The topological polar surface area (TPSA) is 72.0 Å². The van der Waals surface area contributed by atoms with Crippen molar-refractivity contribution in [1.82, 2.24) is 15.0 Å². The predicted octanol–water partition coefficient (Wildman–Crippen LogP) is 2.04. The number of hydrogen-bond acceptors (Lipinski definition) is 6. The molecule has 0 spiro atoms. The van der Waals surface area contributed by atoms with Crippen molar-refractivity contribution >= 4 is 23.5 Å². The van der Waals surface area contributed by atoms with Crippen LogP contribution in [-0.4, -0.2) is 41.8 Å². The van der Waals surface area contributed by atoms with Crippen molar-refractivity contribution in [3.8, 4) is 0 Å². The number of aromatic nitrogens is 3. The first kappa shape index (κ1) is 14.9. The smallest absolute Gasteiger partial charge is 0.228 e. The van der Waals surface area contributed by atoms with Crippen LogP contribution in [0.3, 0.4) is 0 Å². The van der Waals surface area contributed by atoms with Crippen molar-refractivity contribution in [2.75, 3.05) is 37.4 Å². The molecule has 0 aromatic carbocycles. The molecular weight excluding hydrogens is 254 g/mol. The van der Waals surface area contributed by atoms with E-state index < -0.39 is 0 Å². The van der Waals surface area contributed by atoms with Crippen LogP contribution in [0.1, 0.15) is 20.3 Å². The summed E-state index contributed by atoms with van der Waals surface area (Å²) in [5.74, 6) is 1.56. The minimum Gasteiger partial charge on any atom is -0.380 e. The van der Waals surface area contributed by atoms with Crippen molar-refractivity contribution in [3.63, 3.8) is 0 Å². The van der Waals surface area contributed by atoms with Crippen molar-refractivity contribution in [1.29, 1.82) is 0 Å². The Kier molecular flexibility index (Phi) is 6.67. The zero-order valence-corrected chi connectivity index (χ0v) is 11.8. The lowest BCUT2D eigenvalue weighted by atomic mass is 10.1. The van der Waals surface area contributed by atoms with Gasteiger partial charge in [-0.05, 0) is 23.9 Å². The van der Waals surface area contributed by atoms with Crippen LogP contribution in [0.15, 0.2) is 0 Å². The Morgan fingerprint density at radius 2 is 1.89 bits per heavy atom. The highest BCUT2D eigenvalue weighted by Gasteiger charge is 2.02. The van der Waals surface area contributed by atoms with Crippen LogP contribution in [0, 0.1) is 5.92 Å². The first-order chi connectivity index (χ1) is 8.61. The van der Waals surface area contributed by atoms with Gasteiger partial charge in [0.15, 0.2) is 0 Å². The average Bonchev–Trinajstić information content (AvgIpc) is 2.32. The lowest BCUT2D eigenvalue weighted by Gasteiger charge is -2.08. The summed E-state index contributed by atoms with van der Waals surface area (Å²) in [6, 6.07) is 0. The normalized spacial score (nSPS) is 10.7. The zero-order valence-electron chi connectivity index (χ0n) is 11.0. The Morgan fingerprint density at radius 1 is 1.17 bits per heavy atom. The van der Waals surface area contributed by atoms with Gasteiger partial charge < -0.3 is 15.4 Å². The third kappa shape index (κ3) is 5.97. The second-order valence-electron chi connectivity index (χ2n) is 4.22. The second-order valence-corrected chi connectivity index (χ2v) is 4.56. The molecule has 1 rings (SSSR count). The van der Waals surface area contributed by atoms with Crippen LogP contribution in [-0.2, 0) is 4.74 Å². The standard InChI is InChI=1S/C11H20ClN5O/c1-8(2)4-6-18-7-5-14-11-16-9(12)15-10(13-3)17-11/h8H,4-7H2,1-3H3,(H2,13,14,15,16,17). The SMILES string of the molecule is CNc1nc(Cl)nc(NCCOCCC(C)C)n1. The Hall–Kier alpha value is -1.14. The van der Waals surface area contributed by atoms with Gasteiger partial charge in [-0.1, -0.05) is 13.8 Å². The maximum absolute atomic E-state index is 5.75. The van der Waals surface area contributed by atoms with E-state index >= 15 is 0 Å². The quantitative estimate of drug-likeness (QED) is 0.706. The van der Waals surface area contributed by atoms with E-state index in [9.17, 15) is 0 Å². The summed E-state index contributed by atoms with van der Waals surface area (Å²) in [5, 5.41) is 6.01. The molecule has 1 heterocycles. The van der Waals surface area contributed by atoms with Crippen molar-refractivity contribution in [3.05, 3.63) is 5.28 Å². The fraction of sp³-hybridized carbons (Fsp3) is 0.727. The van der Waals surface area contributed by atoms with Crippen LogP contribution in [0.2, 0.25) is 5.28 Å². The molecule has 0 aliphatic rings. The van der Waals surface area contributed by atoms with Gasteiger partial charge in [-0.15, -0.1) is 0 Å². The lowest BCUT2D eigenvalue weighted by molar-refractivity contribution is 0.132. The minimum absolute atomic E-state index is 0.164. The Labute approximate surface area is 113 Å². The molecule has 0 unspecified atom stereocenters. The summed E-state index contributed by atoms with van der Waals surface area (Å²) in [6.07, 6.45) is 1.07. The van der Waals surface area contributed by atoms with E-state index in [1.165, 1.54) is 0 Å². The second kappa shape index (κ2) is 8.05. The Morgan fingerprint density at radius 3 is 2.56 bits per heavy atom. The third-order valence-corrected chi connectivity index (χ3v) is 2.37. The highest BCUT2D eigenvalue weighted by atomic mass is 35.5. The van der Waals surface area contributed by atoms with Crippen molar-refractivity contribution in [2.45, 2.75) is 20.3 Å². The monoisotopic (exact) mass is 273 g/mol. The number of anilines is 2. The van der Waals surface area contributed by atoms with Gasteiger partial charge in [-0.25, -0.2) is 0 Å². The molecule has 0 fully saturated rings. The molecule has 6 nitrogen and oxygen atoms in total. The summed E-state index contributed by atoms with van der Waals surface area (Å²) in [6.45, 7) is 6.38. The molecule has 0 saturated carbocycles. The van der Waals surface area contributed by atoms with Crippen LogP contribution in [0.5, 0.6) is 0 Å². The first-order valence-electron chi connectivity index (χ1n) is 6.02. The fourth-order valence-corrected chi connectivity index (χ4v) is 1.36. The van der Waals surface area contributed by atoms with E-state index in [0.717, 1.165) is 13.0 Å². The molecule has 102 valence electrons. The zero-order chi connectivity index (χ0) is 13.4. The summed E-state index contributed by atoms with van der Waals surface area (Å²) in [4.78, 5) is 12.0. The highest BCUT2D eigenvalue weighted by Crippen LogP contribution is 2.08. The Balaban J connectivity index is 2.24. The summed E-state index contributed by atoms with van der Waals surface area (Å²) < 4.78 is 5.47. The van der Waals surface area contributed by atoms with Crippen LogP contribution < -0.4 is 10.6 Å². The molecule has 2 N–H and O–H groups in total. The Bertz CT molecular complexity index is 361. The third-order valence-electron chi connectivity index (χ3n) is 2.20. The van der Waals surface area contributed by atoms with Gasteiger partial charge in [0.05, 0.1) is 6.61 Å². The molecule has 7 heteroatoms. The largest absolute Gasteiger partial charge is 0.380 e. The highest BCUT2D eigenvalue weighted by molar-refractivity contribution is 6.28. The van der Waals surface area contributed by atoms with Gasteiger partial charge in [-0.2, -0.15) is 15.0 Å².